The Hall–Kier alpha value is -2.83. The largest absolute Gasteiger partial charge is 0.494 e. The van der Waals surface area contributed by atoms with E-state index in [1.54, 1.807) is 24.1 Å². The average molecular weight is 329 g/mol. The van der Waals surface area contributed by atoms with Crippen LogP contribution in [0.3, 0.4) is 0 Å². The molecule has 24 heavy (non-hydrogen) atoms. The van der Waals surface area contributed by atoms with Gasteiger partial charge in [0.25, 0.3) is 5.91 Å². The van der Waals surface area contributed by atoms with Crippen molar-refractivity contribution in [1.82, 2.24) is 15.1 Å². The van der Waals surface area contributed by atoms with Gasteiger partial charge in [-0.05, 0) is 49.9 Å². The van der Waals surface area contributed by atoms with Crippen molar-refractivity contribution in [1.29, 1.82) is 0 Å². The minimum atomic E-state index is -1.15. The number of benzene rings is 1. The quantitative estimate of drug-likeness (QED) is 0.874. The molecule has 1 aromatic heterocycles. The minimum Gasteiger partial charge on any atom is -0.494 e. The van der Waals surface area contributed by atoms with Crippen molar-refractivity contribution in [3.63, 3.8) is 0 Å². The van der Waals surface area contributed by atoms with Crippen LogP contribution in [0.15, 0.2) is 30.5 Å². The summed E-state index contributed by atoms with van der Waals surface area (Å²) in [4.78, 5) is 23.7. The Kier molecular flexibility index (Phi) is 4.01. The van der Waals surface area contributed by atoms with Crippen LogP contribution in [0, 0.1) is 6.92 Å². The van der Waals surface area contributed by atoms with Gasteiger partial charge in [-0.2, -0.15) is 5.10 Å². The number of aliphatic carboxylic acids is 1. The molecule has 3 rings (SSSR count). The fourth-order valence-corrected chi connectivity index (χ4v) is 2.76. The zero-order valence-corrected chi connectivity index (χ0v) is 13.6. The minimum absolute atomic E-state index is 0.172. The topological polar surface area (TPSA) is 93.5 Å². The Morgan fingerprint density at radius 1 is 1.33 bits per heavy atom. The van der Waals surface area contributed by atoms with Gasteiger partial charge in [-0.15, -0.1) is 0 Å². The van der Waals surface area contributed by atoms with Gasteiger partial charge in [-0.25, -0.2) is 9.48 Å². The number of aromatic nitrogens is 2. The van der Waals surface area contributed by atoms with Gasteiger partial charge >= 0.3 is 5.97 Å². The lowest BCUT2D eigenvalue weighted by molar-refractivity contribution is -0.148. The number of nitrogens with zero attached hydrogens (tertiary/aromatic N) is 2. The predicted molar refractivity (Wildman–Crippen MR) is 86.5 cm³/mol. The van der Waals surface area contributed by atoms with Crippen molar-refractivity contribution in [2.75, 3.05) is 7.11 Å². The fraction of sp³-hybridized carbons (Fsp3) is 0.353. The molecule has 0 aliphatic heterocycles. The molecule has 2 N–H and O–H groups in total. The summed E-state index contributed by atoms with van der Waals surface area (Å²) in [6.45, 7) is 1.95. The molecule has 1 aromatic carbocycles. The summed E-state index contributed by atoms with van der Waals surface area (Å²) < 4.78 is 6.87. The van der Waals surface area contributed by atoms with Crippen LogP contribution in [0.1, 0.15) is 35.3 Å². The molecule has 1 fully saturated rings. The van der Waals surface area contributed by atoms with Crippen molar-refractivity contribution in [2.45, 2.75) is 31.7 Å². The first-order valence-corrected chi connectivity index (χ1v) is 7.72. The fourth-order valence-electron chi connectivity index (χ4n) is 2.76. The third-order valence-corrected chi connectivity index (χ3v) is 4.37. The lowest BCUT2D eigenvalue weighted by Gasteiger charge is -2.37. The number of carboxylic acid groups (broad SMARTS) is 1. The smallest absolute Gasteiger partial charge is 0.329 e. The maximum Gasteiger partial charge on any atom is 0.329 e. The molecule has 0 bridgehead atoms. The predicted octanol–water partition coefficient (Wildman–Crippen LogP) is 1.93. The van der Waals surface area contributed by atoms with Crippen LogP contribution >= 0.6 is 0 Å². The molecule has 0 atom stereocenters. The highest BCUT2D eigenvalue weighted by Gasteiger charge is 2.46. The van der Waals surface area contributed by atoms with Gasteiger partial charge < -0.3 is 15.2 Å². The number of carbonyl (C=O) groups is 2. The number of ether oxygens (including phenoxy) is 1. The first kappa shape index (κ1) is 16.0. The molecule has 0 saturated heterocycles. The average Bonchev–Trinajstić information content (AvgIpc) is 3.00. The number of carbonyl (C=O) groups excluding carboxylic acids is 1. The van der Waals surface area contributed by atoms with Gasteiger partial charge in [0.15, 0.2) is 5.69 Å². The molecule has 1 heterocycles. The van der Waals surface area contributed by atoms with Gasteiger partial charge in [0, 0.05) is 6.20 Å². The molecule has 2 aromatic rings. The van der Waals surface area contributed by atoms with Gasteiger partial charge in [-0.3, -0.25) is 4.79 Å². The number of carboxylic acids is 1. The summed E-state index contributed by atoms with van der Waals surface area (Å²) in [5.41, 5.74) is 0.771. The molecule has 0 radical (unpaired) electrons. The van der Waals surface area contributed by atoms with E-state index in [1.165, 1.54) is 0 Å². The van der Waals surface area contributed by atoms with E-state index < -0.39 is 17.4 Å². The maximum atomic E-state index is 12.3. The van der Waals surface area contributed by atoms with Crippen molar-refractivity contribution < 1.29 is 19.4 Å². The molecule has 126 valence electrons. The van der Waals surface area contributed by atoms with Gasteiger partial charge in [0.2, 0.25) is 0 Å². The molecular formula is C17H19N3O4. The van der Waals surface area contributed by atoms with E-state index >= 15 is 0 Å². The van der Waals surface area contributed by atoms with Gasteiger partial charge in [-0.1, -0.05) is 6.07 Å². The number of nitrogens with one attached hydrogen (secondary N) is 1. The Balaban J connectivity index is 1.84. The second-order valence-corrected chi connectivity index (χ2v) is 6.02. The highest BCUT2D eigenvalue weighted by Crippen LogP contribution is 2.32. The molecule has 7 nitrogen and oxygen atoms in total. The number of aryl methyl sites for hydroxylation is 1. The Bertz CT molecular complexity index is 793. The molecule has 1 aliphatic carbocycles. The first-order valence-electron chi connectivity index (χ1n) is 7.72. The molecule has 0 unspecified atom stereocenters. The zero-order valence-electron chi connectivity index (χ0n) is 13.6. The number of methoxy groups -OCH3 is 1. The summed E-state index contributed by atoms with van der Waals surface area (Å²) in [7, 11) is 1.57. The van der Waals surface area contributed by atoms with Gasteiger partial charge in [0.05, 0.1) is 7.11 Å². The van der Waals surface area contributed by atoms with Gasteiger partial charge in [0.1, 0.15) is 17.0 Å². The van der Waals surface area contributed by atoms with Crippen molar-refractivity contribution >= 4 is 11.9 Å². The normalized spacial score (nSPS) is 15.4. The number of amides is 1. The van der Waals surface area contributed by atoms with Crippen LogP contribution < -0.4 is 10.1 Å². The molecule has 1 saturated carbocycles. The van der Waals surface area contributed by atoms with Crippen LogP contribution in [-0.4, -0.2) is 39.4 Å². The summed E-state index contributed by atoms with van der Waals surface area (Å²) in [6.07, 6.45) is 3.34. The van der Waals surface area contributed by atoms with Crippen LogP contribution in [-0.2, 0) is 4.79 Å². The molecular weight excluding hydrogens is 310 g/mol. The van der Waals surface area contributed by atoms with E-state index in [0.29, 0.717) is 24.3 Å². The maximum absolute atomic E-state index is 12.3. The zero-order chi connectivity index (χ0) is 17.3. The van der Waals surface area contributed by atoms with Crippen molar-refractivity contribution in [3.05, 3.63) is 41.7 Å². The Morgan fingerprint density at radius 3 is 2.67 bits per heavy atom. The van der Waals surface area contributed by atoms with E-state index in [9.17, 15) is 14.7 Å². The van der Waals surface area contributed by atoms with Crippen LogP contribution in [0.25, 0.3) is 5.69 Å². The number of rotatable bonds is 5. The molecule has 7 heteroatoms. The SMILES string of the molecule is COc1ccc(C)cc1-n1ccc(C(=O)NC2(C(=O)O)CCC2)n1. The third kappa shape index (κ3) is 2.73. The highest BCUT2D eigenvalue weighted by atomic mass is 16.5. The Morgan fingerprint density at radius 2 is 2.08 bits per heavy atom. The molecule has 0 spiro atoms. The lowest BCUT2D eigenvalue weighted by Crippen LogP contribution is -2.59. The standard InChI is InChI=1S/C17H19N3O4/c1-11-4-5-14(24-2)13(10-11)20-9-6-12(19-20)15(21)18-17(16(22)23)7-3-8-17/h4-6,9-10H,3,7-8H2,1-2H3,(H,18,21)(H,22,23). The van der Waals surface area contributed by atoms with Crippen molar-refractivity contribution in [3.8, 4) is 11.4 Å². The lowest BCUT2D eigenvalue weighted by atomic mass is 9.76. The second kappa shape index (κ2) is 5.99. The van der Waals surface area contributed by atoms with Crippen molar-refractivity contribution in [2.24, 2.45) is 0 Å². The summed E-state index contributed by atoms with van der Waals surface area (Å²) in [5, 5.41) is 16.2. The Labute approximate surface area is 139 Å². The highest BCUT2D eigenvalue weighted by molar-refractivity contribution is 5.96. The van der Waals surface area contributed by atoms with Crippen LogP contribution in [0.2, 0.25) is 0 Å². The summed E-state index contributed by atoms with van der Waals surface area (Å²) >= 11 is 0. The van der Waals surface area contributed by atoms with E-state index in [0.717, 1.165) is 12.0 Å². The van der Waals surface area contributed by atoms with Crippen LogP contribution in [0.4, 0.5) is 0 Å². The summed E-state index contributed by atoms with van der Waals surface area (Å²) in [6, 6.07) is 7.22. The van der Waals surface area contributed by atoms with E-state index in [1.807, 2.05) is 25.1 Å². The second-order valence-electron chi connectivity index (χ2n) is 6.02. The van der Waals surface area contributed by atoms with E-state index in [4.69, 9.17) is 4.74 Å². The third-order valence-electron chi connectivity index (χ3n) is 4.37. The summed E-state index contributed by atoms with van der Waals surface area (Å²) in [5.74, 6) is -0.846. The molecule has 1 amide bonds. The number of hydrogen-bond donors (Lipinski definition) is 2. The monoisotopic (exact) mass is 329 g/mol. The van der Waals surface area contributed by atoms with E-state index in [2.05, 4.69) is 10.4 Å². The molecule has 1 aliphatic rings. The van der Waals surface area contributed by atoms with Crippen LogP contribution in [0.5, 0.6) is 5.75 Å². The van der Waals surface area contributed by atoms with E-state index in [-0.39, 0.29) is 5.69 Å². The first-order chi connectivity index (χ1) is 11.4. The number of hydrogen-bond acceptors (Lipinski definition) is 4.